The molecule has 0 unspecified atom stereocenters. The van der Waals surface area contributed by atoms with Crippen LogP contribution in [-0.4, -0.2) is 29.6 Å². The molecule has 0 aliphatic heterocycles. The molecule has 0 bridgehead atoms. The molecule has 2 N–H and O–H groups in total. The Hall–Kier alpha value is -3.22. The molecule has 1 aromatic carbocycles. The van der Waals surface area contributed by atoms with Crippen molar-refractivity contribution in [1.29, 1.82) is 0 Å². The average molecular weight is 326 g/mol. The summed E-state index contributed by atoms with van der Waals surface area (Å²) in [5.41, 5.74) is 3.31. The van der Waals surface area contributed by atoms with Gasteiger partial charge < -0.3 is 10.1 Å². The molecule has 0 aliphatic rings. The van der Waals surface area contributed by atoms with Gasteiger partial charge in [0.15, 0.2) is 0 Å². The molecule has 2 amide bonds. The van der Waals surface area contributed by atoms with Crippen LogP contribution in [0.3, 0.4) is 0 Å². The van der Waals surface area contributed by atoms with Crippen LogP contribution in [0, 0.1) is 0 Å². The molecule has 2 rings (SSSR count). The summed E-state index contributed by atoms with van der Waals surface area (Å²) < 4.78 is 5.07. The van der Waals surface area contributed by atoms with Crippen molar-refractivity contribution in [2.45, 2.75) is 13.3 Å². The van der Waals surface area contributed by atoms with Gasteiger partial charge in [-0.1, -0.05) is 12.1 Å². The lowest BCUT2D eigenvalue weighted by molar-refractivity contribution is -0.115. The summed E-state index contributed by atoms with van der Waals surface area (Å²) in [6.45, 7) is 1.66. The molecule has 1 heterocycles. The molecule has 2 aromatic rings. The summed E-state index contributed by atoms with van der Waals surface area (Å²) in [7, 11) is 1.53. The number of rotatable bonds is 6. The molecular formula is C17H18N4O3. The minimum Gasteiger partial charge on any atom is -0.497 e. The van der Waals surface area contributed by atoms with E-state index in [4.69, 9.17) is 4.74 Å². The van der Waals surface area contributed by atoms with Crippen LogP contribution in [0.15, 0.2) is 53.8 Å². The Morgan fingerprint density at radius 1 is 1.21 bits per heavy atom. The van der Waals surface area contributed by atoms with Crippen molar-refractivity contribution in [3.8, 4) is 5.75 Å². The molecule has 7 heteroatoms. The second-order valence-corrected chi connectivity index (χ2v) is 4.96. The van der Waals surface area contributed by atoms with Crippen molar-refractivity contribution < 1.29 is 14.3 Å². The lowest BCUT2D eigenvalue weighted by Crippen LogP contribution is -2.21. The minimum atomic E-state index is -0.376. The monoisotopic (exact) mass is 326 g/mol. The summed E-state index contributed by atoms with van der Waals surface area (Å²) in [6.07, 6.45) is 1.64. The number of methoxy groups -OCH3 is 1. The number of anilines is 1. The zero-order valence-electron chi connectivity index (χ0n) is 13.4. The predicted octanol–water partition coefficient (Wildman–Crippen LogP) is 2.22. The van der Waals surface area contributed by atoms with Gasteiger partial charge in [-0.2, -0.15) is 5.10 Å². The molecule has 0 atom stereocenters. The van der Waals surface area contributed by atoms with E-state index in [0.29, 0.717) is 22.8 Å². The van der Waals surface area contributed by atoms with E-state index in [1.54, 1.807) is 55.6 Å². The van der Waals surface area contributed by atoms with Gasteiger partial charge >= 0.3 is 0 Å². The van der Waals surface area contributed by atoms with E-state index in [1.807, 2.05) is 0 Å². The zero-order chi connectivity index (χ0) is 17.4. The standard InChI is InChI=1S/C17H18N4O3/c1-12(10-16(22)19-15-8-3-4-9-18-15)20-21-17(23)13-6-5-7-14(11-13)24-2/h3-9,11H,10H2,1-2H3,(H,21,23)(H,18,19,22)/b20-12+. The lowest BCUT2D eigenvalue weighted by atomic mass is 10.2. The average Bonchev–Trinajstić information content (AvgIpc) is 2.60. The van der Waals surface area contributed by atoms with Crippen molar-refractivity contribution in [2.75, 3.05) is 12.4 Å². The van der Waals surface area contributed by atoms with Gasteiger partial charge in [0.25, 0.3) is 5.91 Å². The molecule has 0 fully saturated rings. The number of ether oxygens (including phenoxy) is 1. The van der Waals surface area contributed by atoms with Crippen LogP contribution in [-0.2, 0) is 4.79 Å². The molecule has 0 saturated heterocycles. The molecule has 124 valence electrons. The van der Waals surface area contributed by atoms with Gasteiger partial charge in [-0.3, -0.25) is 9.59 Å². The number of benzene rings is 1. The quantitative estimate of drug-likeness (QED) is 0.629. The topological polar surface area (TPSA) is 92.7 Å². The number of hydrogen-bond acceptors (Lipinski definition) is 5. The maximum Gasteiger partial charge on any atom is 0.271 e. The van der Waals surface area contributed by atoms with Gasteiger partial charge in [-0.15, -0.1) is 0 Å². The first kappa shape index (κ1) is 17.1. The Balaban J connectivity index is 1.88. The van der Waals surface area contributed by atoms with Gasteiger partial charge in [0.2, 0.25) is 5.91 Å². The van der Waals surface area contributed by atoms with Crippen molar-refractivity contribution in [2.24, 2.45) is 5.10 Å². The Labute approximate surface area is 139 Å². The largest absolute Gasteiger partial charge is 0.497 e. The SMILES string of the molecule is COc1cccc(C(=O)N/N=C(\C)CC(=O)Nc2ccccn2)c1. The van der Waals surface area contributed by atoms with Crippen LogP contribution in [0.4, 0.5) is 5.82 Å². The van der Waals surface area contributed by atoms with Crippen molar-refractivity contribution in [1.82, 2.24) is 10.4 Å². The second-order valence-electron chi connectivity index (χ2n) is 4.96. The van der Waals surface area contributed by atoms with E-state index in [2.05, 4.69) is 20.8 Å². The smallest absolute Gasteiger partial charge is 0.271 e. The fraction of sp³-hybridized carbons (Fsp3) is 0.176. The highest BCUT2D eigenvalue weighted by Gasteiger charge is 2.08. The Kier molecular flexibility index (Phi) is 6.01. The first-order chi connectivity index (χ1) is 11.6. The Morgan fingerprint density at radius 3 is 2.75 bits per heavy atom. The molecule has 1 aromatic heterocycles. The number of nitrogens with one attached hydrogen (secondary N) is 2. The number of amides is 2. The predicted molar refractivity (Wildman–Crippen MR) is 91.1 cm³/mol. The molecular weight excluding hydrogens is 308 g/mol. The van der Waals surface area contributed by atoms with Crippen LogP contribution >= 0.6 is 0 Å². The normalized spacial score (nSPS) is 10.8. The summed E-state index contributed by atoms with van der Waals surface area (Å²) >= 11 is 0. The summed E-state index contributed by atoms with van der Waals surface area (Å²) in [4.78, 5) is 27.9. The van der Waals surface area contributed by atoms with Crippen molar-refractivity contribution in [3.05, 3.63) is 54.2 Å². The second kappa shape index (κ2) is 8.42. The van der Waals surface area contributed by atoms with Gasteiger partial charge in [-0.25, -0.2) is 10.4 Å². The number of aromatic nitrogens is 1. The molecule has 24 heavy (non-hydrogen) atoms. The van der Waals surface area contributed by atoms with Crippen LogP contribution in [0.5, 0.6) is 5.75 Å². The summed E-state index contributed by atoms with van der Waals surface area (Å²) in [5.74, 6) is 0.415. The van der Waals surface area contributed by atoms with Crippen LogP contribution in [0.1, 0.15) is 23.7 Å². The fourth-order valence-electron chi connectivity index (χ4n) is 1.87. The Bertz CT molecular complexity index is 745. The van der Waals surface area contributed by atoms with E-state index in [0.717, 1.165) is 0 Å². The molecule has 0 radical (unpaired) electrons. The molecule has 0 spiro atoms. The number of pyridine rings is 1. The highest BCUT2D eigenvalue weighted by Crippen LogP contribution is 2.12. The molecule has 0 aliphatic carbocycles. The fourth-order valence-corrected chi connectivity index (χ4v) is 1.87. The minimum absolute atomic E-state index is 0.0506. The van der Waals surface area contributed by atoms with Gasteiger partial charge in [-0.05, 0) is 37.3 Å². The van der Waals surface area contributed by atoms with E-state index >= 15 is 0 Å². The van der Waals surface area contributed by atoms with Crippen LogP contribution in [0.25, 0.3) is 0 Å². The summed E-state index contributed by atoms with van der Waals surface area (Å²) in [5, 5.41) is 6.58. The maximum absolute atomic E-state index is 12.0. The van der Waals surface area contributed by atoms with Crippen LogP contribution < -0.4 is 15.5 Å². The number of carbonyl (C=O) groups excluding carboxylic acids is 2. The van der Waals surface area contributed by atoms with Gasteiger partial charge in [0, 0.05) is 17.5 Å². The summed E-state index contributed by atoms with van der Waals surface area (Å²) in [6, 6.07) is 11.9. The molecule has 0 saturated carbocycles. The van der Waals surface area contributed by atoms with Crippen LogP contribution in [0.2, 0.25) is 0 Å². The first-order valence-electron chi connectivity index (χ1n) is 7.27. The van der Waals surface area contributed by atoms with Gasteiger partial charge in [0.05, 0.1) is 13.5 Å². The van der Waals surface area contributed by atoms with Gasteiger partial charge in [0.1, 0.15) is 11.6 Å². The van der Waals surface area contributed by atoms with Crippen molar-refractivity contribution >= 4 is 23.3 Å². The van der Waals surface area contributed by atoms with Crippen molar-refractivity contribution in [3.63, 3.8) is 0 Å². The van der Waals surface area contributed by atoms with E-state index in [-0.39, 0.29) is 18.2 Å². The van der Waals surface area contributed by atoms with E-state index in [1.165, 1.54) is 7.11 Å². The maximum atomic E-state index is 12.0. The third-order valence-corrected chi connectivity index (χ3v) is 3.03. The third kappa shape index (κ3) is 5.20. The first-order valence-corrected chi connectivity index (χ1v) is 7.27. The zero-order valence-corrected chi connectivity index (χ0v) is 13.4. The number of carbonyl (C=O) groups is 2. The highest BCUT2D eigenvalue weighted by molar-refractivity contribution is 6.05. The lowest BCUT2D eigenvalue weighted by Gasteiger charge is -2.05. The number of hydrogen-bond donors (Lipinski definition) is 2. The van der Waals surface area contributed by atoms with E-state index < -0.39 is 0 Å². The molecule has 7 nitrogen and oxygen atoms in total. The number of hydrazone groups is 1. The highest BCUT2D eigenvalue weighted by atomic mass is 16.5. The third-order valence-electron chi connectivity index (χ3n) is 3.03. The number of nitrogens with zero attached hydrogens (tertiary/aromatic N) is 2. The Morgan fingerprint density at radius 2 is 2.04 bits per heavy atom. The van der Waals surface area contributed by atoms with E-state index in [9.17, 15) is 9.59 Å².